The zero-order chi connectivity index (χ0) is 22.6. The van der Waals surface area contributed by atoms with Gasteiger partial charge in [-0.25, -0.2) is 14.6 Å². The van der Waals surface area contributed by atoms with Crippen LogP contribution in [-0.4, -0.2) is 40.3 Å². The maximum atomic E-state index is 13.9. The number of carbonyl (C=O) groups excluding carboxylic acids is 1. The van der Waals surface area contributed by atoms with Crippen molar-refractivity contribution >= 4 is 17.9 Å². The second-order valence-corrected chi connectivity index (χ2v) is 8.80. The van der Waals surface area contributed by atoms with E-state index in [0.29, 0.717) is 13.1 Å². The number of pyridine rings is 1. The molecule has 166 valence electrons. The highest BCUT2D eigenvalue weighted by atomic mass is 19.1. The number of aromatic nitrogens is 1. The Morgan fingerprint density at radius 3 is 2.48 bits per heavy atom. The molecule has 1 heterocycles. The minimum atomic E-state index is -1.15. The zero-order valence-electron chi connectivity index (χ0n) is 18.0. The average Bonchev–Trinajstić information content (AvgIpc) is 2.65. The topological polar surface area (TPSA) is 91.8 Å². The Morgan fingerprint density at radius 2 is 1.87 bits per heavy atom. The molecule has 1 aliphatic carbocycles. The summed E-state index contributed by atoms with van der Waals surface area (Å²) >= 11 is 0. The number of hydrogen-bond donors (Lipinski definition) is 2. The summed E-state index contributed by atoms with van der Waals surface area (Å²) in [6.45, 7) is 6.29. The number of halogens is 1. The monoisotopic (exact) mass is 429 g/mol. The number of nitrogens with one attached hydrogen (secondary N) is 1. The second kappa shape index (κ2) is 9.32. The third-order valence-corrected chi connectivity index (χ3v) is 5.12. The van der Waals surface area contributed by atoms with Crippen LogP contribution in [0, 0.1) is 11.9 Å². The Morgan fingerprint density at radius 1 is 1.19 bits per heavy atom. The van der Waals surface area contributed by atoms with Crippen molar-refractivity contribution in [1.82, 2.24) is 10.3 Å². The Balaban J connectivity index is 1.72. The lowest BCUT2D eigenvalue weighted by atomic mass is 9.79. The van der Waals surface area contributed by atoms with Crippen LogP contribution in [0.15, 0.2) is 42.5 Å². The fraction of sp³-hybridized carbons (Fsp3) is 0.435. The third-order valence-electron chi connectivity index (χ3n) is 5.12. The molecule has 2 aromatic rings. The van der Waals surface area contributed by atoms with Crippen LogP contribution < -0.4 is 10.2 Å². The van der Waals surface area contributed by atoms with Gasteiger partial charge in [0, 0.05) is 19.1 Å². The van der Waals surface area contributed by atoms with Gasteiger partial charge in [-0.15, -0.1) is 0 Å². The molecule has 0 bridgehead atoms. The molecule has 0 radical (unpaired) electrons. The van der Waals surface area contributed by atoms with Gasteiger partial charge in [0.1, 0.15) is 17.0 Å². The number of carboxylic acid groups (broad SMARTS) is 1. The minimum Gasteiger partial charge on any atom is -0.478 e. The molecular weight excluding hydrogens is 401 g/mol. The maximum Gasteiger partial charge on any atom is 0.407 e. The molecule has 31 heavy (non-hydrogen) atoms. The number of amides is 1. The lowest BCUT2D eigenvalue weighted by Gasteiger charge is -2.44. The summed E-state index contributed by atoms with van der Waals surface area (Å²) < 4.78 is 19.2. The molecule has 0 aliphatic heterocycles. The van der Waals surface area contributed by atoms with E-state index in [4.69, 9.17) is 4.74 Å². The molecule has 1 fully saturated rings. The van der Waals surface area contributed by atoms with Crippen LogP contribution in [0.2, 0.25) is 0 Å². The van der Waals surface area contributed by atoms with Crippen LogP contribution in [0.25, 0.3) is 0 Å². The predicted molar refractivity (Wildman–Crippen MR) is 115 cm³/mol. The molecule has 7 nitrogen and oxygen atoms in total. The Kier molecular flexibility index (Phi) is 6.77. The van der Waals surface area contributed by atoms with Crippen molar-refractivity contribution in [2.24, 2.45) is 5.92 Å². The molecular formula is C23H28FN3O4. The van der Waals surface area contributed by atoms with E-state index in [2.05, 4.69) is 10.3 Å². The lowest BCUT2D eigenvalue weighted by Crippen LogP contribution is -2.49. The van der Waals surface area contributed by atoms with Gasteiger partial charge in [-0.1, -0.05) is 30.3 Å². The van der Waals surface area contributed by atoms with E-state index in [9.17, 15) is 19.1 Å². The lowest BCUT2D eigenvalue weighted by molar-refractivity contribution is 0.0505. The maximum absolute atomic E-state index is 13.9. The first-order valence-corrected chi connectivity index (χ1v) is 10.3. The van der Waals surface area contributed by atoms with Gasteiger partial charge in [0.2, 0.25) is 5.95 Å². The van der Waals surface area contributed by atoms with Crippen molar-refractivity contribution in [3.8, 4) is 0 Å². The highest BCUT2D eigenvalue weighted by Gasteiger charge is 2.36. The fourth-order valence-electron chi connectivity index (χ4n) is 3.63. The van der Waals surface area contributed by atoms with E-state index < -0.39 is 23.6 Å². The summed E-state index contributed by atoms with van der Waals surface area (Å²) in [5.74, 6) is -1.53. The fourth-order valence-corrected chi connectivity index (χ4v) is 3.63. The van der Waals surface area contributed by atoms with E-state index in [1.807, 2.05) is 35.2 Å². The summed E-state index contributed by atoms with van der Waals surface area (Å²) in [4.78, 5) is 29.4. The molecule has 1 aliphatic rings. The van der Waals surface area contributed by atoms with Crippen LogP contribution in [0.1, 0.15) is 49.5 Å². The molecule has 2 N–H and O–H groups in total. The largest absolute Gasteiger partial charge is 0.478 e. The molecule has 8 heteroatoms. The predicted octanol–water partition coefficient (Wildman–Crippen LogP) is 4.23. The Bertz CT molecular complexity index is 924. The van der Waals surface area contributed by atoms with Crippen molar-refractivity contribution in [2.75, 3.05) is 11.4 Å². The van der Waals surface area contributed by atoms with Gasteiger partial charge in [0.05, 0.1) is 0 Å². The second-order valence-electron chi connectivity index (χ2n) is 8.80. The average molecular weight is 429 g/mol. The van der Waals surface area contributed by atoms with Crippen LogP contribution in [-0.2, 0) is 11.3 Å². The van der Waals surface area contributed by atoms with Crippen LogP contribution in [0.4, 0.5) is 15.0 Å². The quantitative estimate of drug-likeness (QED) is 0.640. The van der Waals surface area contributed by atoms with Crippen LogP contribution in [0.5, 0.6) is 0 Å². The van der Waals surface area contributed by atoms with Gasteiger partial charge in [-0.3, -0.25) is 0 Å². The summed E-state index contributed by atoms with van der Waals surface area (Å²) in [6, 6.07) is 11.9. The molecule has 1 amide bonds. The molecule has 0 unspecified atom stereocenters. The summed E-state index contributed by atoms with van der Waals surface area (Å²) in [6.07, 6.45) is 0.983. The van der Waals surface area contributed by atoms with E-state index in [0.717, 1.165) is 24.5 Å². The standard InChI is InChI=1S/C23H28FN3O4/c1-23(2,3)31-22(30)25-13-16-11-17(12-16)27(14-15-7-5-4-6-8-15)20-18(21(28)29)9-10-19(24)26-20/h4-10,16-17H,11-14H2,1-3H3,(H,25,30)(H,28,29). The van der Waals surface area contributed by atoms with Gasteiger partial charge in [0.25, 0.3) is 0 Å². The summed E-state index contributed by atoms with van der Waals surface area (Å²) in [5, 5.41) is 12.4. The number of hydrogen-bond acceptors (Lipinski definition) is 5. The van der Waals surface area contributed by atoms with Crippen molar-refractivity contribution in [3.63, 3.8) is 0 Å². The van der Waals surface area contributed by atoms with Crippen LogP contribution >= 0.6 is 0 Å². The highest BCUT2D eigenvalue weighted by molar-refractivity contribution is 5.93. The number of benzene rings is 1. The minimum absolute atomic E-state index is 0.0157. The first-order chi connectivity index (χ1) is 14.6. The number of nitrogens with zero attached hydrogens (tertiary/aromatic N) is 2. The summed E-state index contributed by atoms with van der Waals surface area (Å²) in [7, 11) is 0. The van der Waals surface area contributed by atoms with E-state index in [1.165, 1.54) is 6.07 Å². The number of rotatable bonds is 7. The normalized spacial score (nSPS) is 18.1. The number of alkyl carbamates (subject to hydrolysis) is 1. The van der Waals surface area contributed by atoms with Gasteiger partial charge >= 0.3 is 12.1 Å². The molecule has 0 saturated heterocycles. The summed E-state index contributed by atoms with van der Waals surface area (Å²) in [5.41, 5.74) is 0.377. The highest BCUT2D eigenvalue weighted by Crippen LogP contribution is 2.36. The molecule has 0 spiro atoms. The third kappa shape index (κ3) is 6.16. The number of carbonyl (C=O) groups is 2. The van der Waals surface area contributed by atoms with E-state index in [1.54, 1.807) is 20.8 Å². The Labute approximate surface area is 181 Å². The van der Waals surface area contributed by atoms with Crippen molar-refractivity contribution < 1.29 is 23.8 Å². The Hall–Kier alpha value is -3.16. The van der Waals surface area contributed by atoms with Gasteiger partial charge in [-0.2, -0.15) is 4.39 Å². The number of aromatic carboxylic acids is 1. The van der Waals surface area contributed by atoms with Gasteiger partial charge in [0.15, 0.2) is 0 Å². The van der Waals surface area contributed by atoms with Crippen molar-refractivity contribution in [3.05, 3.63) is 59.5 Å². The van der Waals surface area contributed by atoms with Gasteiger partial charge in [-0.05, 0) is 57.2 Å². The van der Waals surface area contributed by atoms with Crippen molar-refractivity contribution in [2.45, 2.75) is 51.8 Å². The van der Waals surface area contributed by atoms with E-state index in [-0.39, 0.29) is 23.3 Å². The van der Waals surface area contributed by atoms with Gasteiger partial charge < -0.3 is 20.1 Å². The molecule has 1 saturated carbocycles. The molecule has 1 aromatic carbocycles. The number of anilines is 1. The molecule has 3 rings (SSSR count). The first-order valence-electron chi connectivity index (χ1n) is 10.3. The van der Waals surface area contributed by atoms with Crippen molar-refractivity contribution in [1.29, 1.82) is 0 Å². The first kappa shape index (κ1) is 22.5. The molecule has 1 aromatic heterocycles. The number of ether oxygens (including phenoxy) is 1. The van der Waals surface area contributed by atoms with E-state index >= 15 is 0 Å². The zero-order valence-corrected chi connectivity index (χ0v) is 18.0. The SMILES string of the molecule is CC(C)(C)OC(=O)NCC1CC(N(Cc2ccccc2)c2nc(F)ccc2C(=O)O)C1. The van der Waals surface area contributed by atoms with Crippen LogP contribution in [0.3, 0.4) is 0 Å². The smallest absolute Gasteiger partial charge is 0.407 e. The number of carboxylic acids is 1. The molecule has 0 atom stereocenters.